The van der Waals surface area contributed by atoms with E-state index < -0.39 is 11.7 Å². The number of alkyl halides is 3. The lowest BCUT2D eigenvalue weighted by atomic mass is 10.1. The van der Waals surface area contributed by atoms with E-state index in [-0.39, 0.29) is 11.1 Å². The molecule has 1 nitrogen and oxygen atoms in total. The summed E-state index contributed by atoms with van der Waals surface area (Å²) in [4.78, 5) is 0. The van der Waals surface area contributed by atoms with Gasteiger partial charge < -0.3 is 5.32 Å². The van der Waals surface area contributed by atoms with Crippen molar-refractivity contribution in [3.8, 4) is 0 Å². The molecule has 0 spiro atoms. The van der Waals surface area contributed by atoms with E-state index >= 15 is 0 Å². The lowest BCUT2D eigenvalue weighted by Crippen LogP contribution is -2.15. The number of benzene rings is 1. The first kappa shape index (κ1) is 18.1. The van der Waals surface area contributed by atoms with E-state index in [1.807, 2.05) is 6.92 Å². The summed E-state index contributed by atoms with van der Waals surface area (Å²) in [5.74, 6) is 0. The van der Waals surface area contributed by atoms with Crippen molar-refractivity contribution >= 4 is 17.3 Å². The molecule has 0 radical (unpaired) electrons. The molecular formula is C16H23ClF3N. The lowest BCUT2D eigenvalue weighted by molar-refractivity contribution is -0.137. The molecule has 0 fully saturated rings. The van der Waals surface area contributed by atoms with Crippen LogP contribution in [0.5, 0.6) is 0 Å². The first-order chi connectivity index (χ1) is 9.82. The summed E-state index contributed by atoms with van der Waals surface area (Å²) in [6.07, 6.45) is 2.49. The fourth-order valence-corrected chi connectivity index (χ4v) is 2.48. The zero-order valence-corrected chi connectivity index (χ0v) is 13.3. The van der Waals surface area contributed by atoms with Crippen LogP contribution in [-0.4, -0.2) is 6.04 Å². The Kier molecular flexibility index (Phi) is 7.36. The van der Waals surface area contributed by atoms with E-state index in [2.05, 4.69) is 12.2 Å². The molecule has 21 heavy (non-hydrogen) atoms. The molecule has 0 aliphatic heterocycles. The standard InChI is InChI=1S/C16H23ClF3N/c1-3-4-5-6-7-8-12(2)21-15-10-13(16(18,19)20)9-14(17)11-15/h9-12,21H,3-8H2,1-2H3. The second-order valence-electron chi connectivity index (χ2n) is 5.47. The summed E-state index contributed by atoms with van der Waals surface area (Å²) in [7, 11) is 0. The summed E-state index contributed by atoms with van der Waals surface area (Å²) in [6, 6.07) is 3.72. The summed E-state index contributed by atoms with van der Waals surface area (Å²) < 4.78 is 38.2. The molecule has 0 bridgehead atoms. The number of anilines is 1. The zero-order chi connectivity index (χ0) is 15.9. The molecule has 5 heteroatoms. The Hall–Kier alpha value is -0.900. The second-order valence-corrected chi connectivity index (χ2v) is 5.91. The van der Waals surface area contributed by atoms with Gasteiger partial charge in [-0.05, 0) is 31.5 Å². The highest BCUT2D eigenvalue weighted by Crippen LogP contribution is 2.33. The van der Waals surface area contributed by atoms with E-state index in [9.17, 15) is 13.2 Å². The Balaban J connectivity index is 2.52. The minimum atomic E-state index is -4.37. The van der Waals surface area contributed by atoms with Crippen LogP contribution < -0.4 is 5.32 Å². The molecular weight excluding hydrogens is 299 g/mol. The molecule has 0 aliphatic rings. The summed E-state index contributed by atoms with van der Waals surface area (Å²) in [5.41, 5.74) is -0.288. The minimum absolute atomic E-state index is 0.0995. The highest BCUT2D eigenvalue weighted by molar-refractivity contribution is 6.30. The molecule has 1 aromatic rings. The van der Waals surface area contributed by atoms with E-state index in [4.69, 9.17) is 11.6 Å². The molecule has 1 rings (SSSR count). The Morgan fingerprint density at radius 3 is 2.38 bits per heavy atom. The van der Waals surface area contributed by atoms with E-state index in [0.717, 1.165) is 25.0 Å². The van der Waals surface area contributed by atoms with Gasteiger partial charge in [-0.1, -0.05) is 50.6 Å². The second kappa shape index (κ2) is 8.52. The number of hydrogen-bond acceptors (Lipinski definition) is 1. The number of nitrogens with one attached hydrogen (secondary N) is 1. The first-order valence-electron chi connectivity index (χ1n) is 7.47. The lowest BCUT2D eigenvalue weighted by Gasteiger charge is -2.17. The van der Waals surface area contributed by atoms with Crippen LogP contribution in [0.3, 0.4) is 0 Å². The van der Waals surface area contributed by atoms with Crippen molar-refractivity contribution < 1.29 is 13.2 Å². The third-order valence-corrected chi connectivity index (χ3v) is 3.60. The summed E-state index contributed by atoms with van der Waals surface area (Å²) in [5, 5.41) is 3.20. The van der Waals surface area contributed by atoms with Crippen molar-refractivity contribution in [2.24, 2.45) is 0 Å². The van der Waals surface area contributed by atoms with Crippen LogP contribution in [-0.2, 0) is 6.18 Å². The molecule has 0 amide bonds. The van der Waals surface area contributed by atoms with E-state index in [1.165, 1.54) is 31.7 Å². The molecule has 1 aromatic carbocycles. The van der Waals surface area contributed by atoms with Gasteiger partial charge in [-0.15, -0.1) is 0 Å². The molecule has 0 aromatic heterocycles. The molecule has 1 unspecified atom stereocenters. The third kappa shape index (κ3) is 7.07. The van der Waals surface area contributed by atoms with Gasteiger partial charge in [0.25, 0.3) is 0 Å². The molecule has 1 N–H and O–H groups in total. The normalized spacial score (nSPS) is 13.2. The van der Waals surface area contributed by atoms with Crippen LogP contribution in [0.2, 0.25) is 5.02 Å². The number of unbranched alkanes of at least 4 members (excludes halogenated alkanes) is 4. The van der Waals surface area contributed by atoms with Gasteiger partial charge in [-0.3, -0.25) is 0 Å². The fourth-order valence-electron chi connectivity index (χ4n) is 2.25. The number of halogens is 4. The maximum atomic E-state index is 12.7. The monoisotopic (exact) mass is 321 g/mol. The molecule has 0 saturated heterocycles. The Morgan fingerprint density at radius 1 is 1.10 bits per heavy atom. The molecule has 0 aliphatic carbocycles. The Labute approximate surface area is 129 Å². The highest BCUT2D eigenvalue weighted by atomic mass is 35.5. The van der Waals surface area contributed by atoms with Gasteiger partial charge in [0.05, 0.1) is 5.56 Å². The Bertz CT molecular complexity index is 432. The number of rotatable bonds is 8. The summed E-state index contributed by atoms with van der Waals surface area (Å²) >= 11 is 5.76. The minimum Gasteiger partial charge on any atom is -0.383 e. The fraction of sp³-hybridized carbons (Fsp3) is 0.625. The van der Waals surface area contributed by atoms with Gasteiger partial charge in [-0.25, -0.2) is 0 Å². The topological polar surface area (TPSA) is 12.0 Å². The van der Waals surface area contributed by atoms with Gasteiger partial charge in [0.2, 0.25) is 0 Å². The van der Waals surface area contributed by atoms with Crippen LogP contribution >= 0.6 is 11.6 Å². The van der Waals surface area contributed by atoms with Crippen LogP contribution in [0.4, 0.5) is 18.9 Å². The van der Waals surface area contributed by atoms with Crippen molar-refractivity contribution in [2.45, 2.75) is 64.6 Å². The maximum Gasteiger partial charge on any atom is 0.416 e. The van der Waals surface area contributed by atoms with Crippen molar-refractivity contribution in [1.82, 2.24) is 0 Å². The predicted molar refractivity (Wildman–Crippen MR) is 82.9 cm³/mol. The third-order valence-electron chi connectivity index (χ3n) is 3.38. The maximum absolute atomic E-state index is 12.7. The Morgan fingerprint density at radius 2 is 1.76 bits per heavy atom. The first-order valence-corrected chi connectivity index (χ1v) is 7.85. The highest BCUT2D eigenvalue weighted by Gasteiger charge is 2.31. The van der Waals surface area contributed by atoms with Crippen LogP contribution in [0.15, 0.2) is 18.2 Å². The molecule has 120 valence electrons. The quantitative estimate of drug-likeness (QED) is 0.537. The van der Waals surface area contributed by atoms with Gasteiger partial charge in [0.1, 0.15) is 0 Å². The smallest absolute Gasteiger partial charge is 0.383 e. The zero-order valence-electron chi connectivity index (χ0n) is 12.6. The van der Waals surface area contributed by atoms with Crippen LogP contribution in [0, 0.1) is 0 Å². The van der Waals surface area contributed by atoms with Crippen molar-refractivity contribution in [3.05, 3.63) is 28.8 Å². The number of hydrogen-bond donors (Lipinski definition) is 1. The average molecular weight is 322 g/mol. The van der Waals surface area contributed by atoms with Crippen molar-refractivity contribution in [3.63, 3.8) is 0 Å². The van der Waals surface area contributed by atoms with Crippen LogP contribution in [0.25, 0.3) is 0 Å². The van der Waals surface area contributed by atoms with E-state index in [0.29, 0.717) is 5.69 Å². The molecule has 1 atom stereocenters. The van der Waals surface area contributed by atoms with Crippen molar-refractivity contribution in [2.75, 3.05) is 5.32 Å². The molecule has 0 saturated carbocycles. The van der Waals surface area contributed by atoms with Crippen LogP contribution in [0.1, 0.15) is 57.9 Å². The van der Waals surface area contributed by atoms with Gasteiger partial charge in [-0.2, -0.15) is 13.2 Å². The summed E-state index contributed by atoms with van der Waals surface area (Å²) in [6.45, 7) is 4.15. The van der Waals surface area contributed by atoms with E-state index in [1.54, 1.807) is 0 Å². The van der Waals surface area contributed by atoms with Gasteiger partial charge in [0.15, 0.2) is 0 Å². The van der Waals surface area contributed by atoms with Gasteiger partial charge in [0, 0.05) is 16.8 Å². The molecule has 0 heterocycles. The SMILES string of the molecule is CCCCCCCC(C)Nc1cc(Cl)cc(C(F)(F)F)c1. The predicted octanol–water partition coefficient (Wildman–Crippen LogP) is 6.52. The van der Waals surface area contributed by atoms with Gasteiger partial charge >= 0.3 is 6.18 Å². The average Bonchev–Trinajstić information content (AvgIpc) is 2.36. The van der Waals surface area contributed by atoms with Crippen molar-refractivity contribution in [1.29, 1.82) is 0 Å². The largest absolute Gasteiger partial charge is 0.416 e.